The van der Waals surface area contributed by atoms with Crippen molar-refractivity contribution in [3.05, 3.63) is 74.0 Å². The molecule has 1 aromatic carbocycles. The lowest BCUT2D eigenvalue weighted by molar-refractivity contribution is 0.174. The van der Waals surface area contributed by atoms with E-state index in [2.05, 4.69) is 15.1 Å². The largest absolute Gasteiger partial charge is 0.388 e. The van der Waals surface area contributed by atoms with Crippen molar-refractivity contribution in [2.24, 2.45) is 0 Å². The van der Waals surface area contributed by atoms with E-state index >= 15 is 0 Å². The minimum atomic E-state index is -0.827. The van der Waals surface area contributed by atoms with E-state index in [0.717, 1.165) is 4.57 Å². The van der Waals surface area contributed by atoms with E-state index in [1.807, 2.05) is 0 Å². The van der Waals surface area contributed by atoms with Gasteiger partial charge in [0.2, 0.25) is 5.89 Å². The number of rotatable bonds is 5. The van der Waals surface area contributed by atoms with Gasteiger partial charge in [0.25, 0.3) is 5.56 Å². The van der Waals surface area contributed by atoms with Crippen molar-refractivity contribution in [1.29, 1.82) is 5.26 Å². The molecule has 2 heterocycles. The lowest BCUT2D eigenvalue weighted by Gasteiger charge is -2.08. The van der Waals surface area contributed by atoms with Gasteiger partial charge in [-0.1, -0.05) is 40.5 Å². The third kappa shape index (κ3) is 3.91. The van der Waals surface area contributed by atoms with Crippen LogP contribution in [0.1, 0.15) is 29.1 Å². The summed E-state index contributed by atoms with van der Waals surface area (Å²) < 4.78 is 6.24. The predicted molar refractivity (Wildman–Crippen MR) is 91.7 cm³/mol. The molecule has 0 saturated carbocycles. The second kappa shape index (κ2) is 7.66. The highest BCUT2D eigenvalue weighted by Crippen LogP contribution is 2.19. The van der Waals surface area contributed by atoms with Crippen LogP contribution in [0.3, 0.4) is 0 Å². The van der Waals surface area contributed by atoms with Gasteiger partial charge >= 0.3 is 0 Å². The summed E-state index contributed by atoms with van der Waals surface area (Å²) in [5, 5.41) is 23.1. The summed E-state index contributed by atoms with van der Waals surface area (Å²) in [5.41, 5.74) is -0.0653. The molecule has 3 rings (SSSR count). The third-order valence-corrected chi connectivity index (χ3v) is 4.13. The fourth-order valence-corrected chi connectivity index (χ4v) is 2.54. The van der Waals surface area contributed by atoms with Crippen LogP contribution in [-0.2, 0) is 13.0 Å². The lowest BCUT2D eigenvalue weighted by atomic mass is 10.1. The van der Waals surface area contributed by atoms with Gasteiger partial charge in [-0.05, 0) is 17.7 Å². The van der Waals surface area contributed by atoms with Crippen molar-refractivity contribution in [2.75, 3.05) is 0 Å². The van der Waals surface area contributed by atoms with E-state index in [-0.39, 0.29) is 35.4 Å². The monoisotopic (exact) mass is 391 g/mol. The highest BCUT2D eigenvalue weighted by atomic mass is 35.5. The van der Waals surface area contributed by atoms with Crippen LogP contribution in [0.2, 0.25) is 10.0 Å². The highest BCUT2D eigenvalue weighted by Gasteiger charge is 2.16. The Morgan fingerprint density at radius 2 is 2.04 bits per heavy atom. The molecule has 0 amide bonds. The fraction of sp³-hybridized carbons (Fsp3) is 0.188. The zero-order valence-corrected chi connectivity index (χ0v) is 14.6. The topological polar surface area (TPSA) is 118 Å². The molecule has 0 aliphatic rings. The van der Waals surface area contributed by atoms with Crippen LogP contribution in [0, 0.1) is 11.3 Å². The number of benzene rings is 1. The summed E-state index contributed by atoms with van der Waals surface area (Å²) in [6.45, 7) is -0.0543. The van der Waals surface area contributed by atoms with Crippen LogP contribution in [0.15, 0.2) is 39.9 Å². The first kappa shape index (κ1) is 18.1. The highest BCUT2D eigenvalue weighted by molar-refractivity contribution is 6.31. The summed E-state index contributed by atoms with van der Waals surface area (Å²) >= 11 is 11.6. The molecular formula is C16H11Cl2N5O3. The lowest BCUT2D eigenvalue weighted by Crippen LogP contribution is -2.22. The smallest absolute Gasteiger partial charge is 0.273 e. The fourth-order valence-electron chi connectivity index (χ4n) is 2.21. The molecule has 2 aromatic heterocycles. The number of hydrogen-bond acceptors (Lipinski definition) is 7. The Balaban J connectivity index is 1.72. The van der Waals surface area contributed by atoms with Crippen LogP contribution in [0.25, 0.3) is 0 Å². The minimum absolute atomic E-state index is 0.0543. The van der Waals surface area contributed by atoms with Gasteiger partial charge in [-0.15, -0.1) is 0 Å². The third-order valence-electron chi connectivity index (χ3n) is 3.54. The van der Waals surface area contributed by atoms with E-state index in [4.69, 9.17) is 33.0 Å². The SMILES string of the molecule is N#Cc1ncn(Cc2nc(CC(O)c3ccc(Cl)cc3)no2)c(=O)c1Cl. The van der Waals surface area contributed by atoms with Gasteiger partial charge in [-0.3, -0.25) is 9.36 Å². The molecule has 1 unspecified atom stereocenters. The number of aliphatic hydroxyl groups is 1. The second-order valence-corrected chi connectivity index (χ2v) is 6.14. The van der Waals surface area contributed by atoms with Gasteiger partial charge < -0.3 is 9.63 Å². The normalized spacial score (nSPS) is 11.9. The molecule has 0 aliphatic heterocycles. The van der Waals surface area contributed by atoms with Gasteiger partial charge in [0.15, 0.2) is 11.5 Å². The minimum Gasteiger partial charge on any atom is -0.388 e. The summed E-state index contributed by atoms with van der Waals surface area (Å²) in [7, 11) is 0. The molecule has 3 aromatic rings. The molecule has 0 radical (unpaired) electrons. The van der Waals surface area contributed by atoms with Crippen LogP contribution in [0.4, 0.5) is 0 Å². The molecule has 26 heavy (non-hydrogen) atoms. The van der Waals surface area contributed by atoms with Crippen molar-refractivity contribution in [1.82, 2.24) is 19.7 Å². The first-order chi connectivity index (χ1) is 12.5. The summed E-state index contributed by atoms with van der Waals surface area (Å²) in [5.74, 6) is 0.427. The van der Waals surface area contributed by atoms with Crippen molar-refractivity contribution >= 4 is 23.2 Å². The number of aliphatic hydroxyl groups excluding tert-OH is 1. The zero-order chi connectivity index (χ0) is 18.7. The van der Waals surface area contributed by atoms with E-state index in [1.54, 1.807) is 30.3 Å². The molecule has 1 atom stereocenters. The molecule has 0 spiro atoms. The number of aromatic nitrogens is 4. The first-order valence-electron chi connectivity index (χ1n) is 7.38. The van der Waals surface area contributed by atoms with Crippen LogP contribution in [0.5, 0.6) is 0 Å². The van der Waals surface area contributed by atoms with Crippen molar-refractivity contribution in [3.8, 4) is 6.07 Å². The number of nitriles is 1. The number of halogens is 2. The average molecular weight is 392 g/mol. The molecule has 0 fully saturated rings. The zero-order valence-electron chi connectivity index (χ0n) is 13.1. The van der Waals surface area contributed by atoms with Crippen molar-refractivity contribution < 1.29 is 9.63 Å². The maximum absolute atomic E-state index is 12.0. The Hall–Kier alpha value is -2.73. The first-order valence-corrected chi connectivity index (χ1v) is 8.13. The van der Waals surface area contributed by atoms with E-state index < -0.39 is 11.7 Å². The van der Waals surface area contributed by atoms with E-state index in [0.29, 0.717) is 10.6 Å². The molecule has 10 heteroatoms. The Morgan fingerprint density at radius 3 is 2.73 bits per heavy atom. The number of hydrogen-bond donors (Lipinski definition) is 1. The molecule has 0 saturated heterocycles. The van der Waals surface area contributed by atoms with Gasteiger partial charge in [-0.2, -0.15) is 10.2 Å². The summed E-state index contributed by atoms with van der Waals surface area (Å²) in [6, 6.07) is 8.49. The molecule has 0 aliphatic carbocycles. The molecular weight excluding hydrogens is 381 g/mol. The van der Waals surface area contributed by atoms with E-state index in [9.17, 15) is 9.90 Å². The van der Waals surface area contributed by atoms with Gasteiger partial charge in [0.05, 0.1) is 12.4 Å². The molecule has 8 nitrogen and oxygen atoms in total. The van der Waals surface area contributed by atoms with Gasteiger partial charge in [-0.25, -0.2) is 4.98 Å². The Bertz CT molecular complexity index is 1020. The van der Waals surface area contributed by atoms with Crippen molar-refractivity contribution in [2.45, 2.75) is 19.1 Å². The standard InChI is InChI=1S/C16H11Cl2N5O3/c17-10-3-1-9(2-4-10)12(24)5-13-21-14(26-22-13)7-23-8-20-11(6-19)15(18)16(23)25/h1-4,8,12,24H,5,7H2. The van der Waals surface area contributed by atoms with Crippen LogP contribution < -0.4 is 5.56 Å². The quantitative estimate of drug-likeness (QED) is 0.707. The molecule has 1 N–H and O–H groups in total. The van der Waals surface area contributed by atoms with Crippen molar-refractivity contribution in [3.63, 3.8) is 0 Å². The van der Waals surface area contributed by atoms with Gasteiger partial charge in [0, 0.05) is 11.4 Å². The maximum atomic E-state index is 12.0. The summed E-state index contributed by atoms with van der Waals surface area (Å²) in [4.78, 5) is 20.0. The van der Waals surface area contributed by atoms with Crippen LogP contribution in [-0.4, -0.2) is 24.8 Å². The number of nitrogens with zero attached hydrogens (tertiary/aromatic N) is 5. The second-order valence-electron chi connectivity index (χ2n) is 5.33. The summed E-state index contributed by atoms with van der Waals surface area (Å²) in [6.07, 6.45) is 0.484. The van der Waals surface area contributed by atoms with E-state index in [1.165, 1.54) is 6.33 Å². The molecule has 132 valence electrons. The van der Waals surface area contributed by atoms with Crippen LogP contribution >= 0.6 is 23.2 Å². The Labute approximate surface area is 157 Å². The Kier molecular flexibility index (Phi) is 5.32. The average Bonchev–Trinajstić information content (AvgIpc) is 3.06. The predicted octanol–water partition coefficient (Wildman–Crippen LogP) is 2.13. The van der Waals surface area contributed by atoms with Gasteiger partial charge in [0.1, 0.15) is 17.6 Å². The Morgan fingerprint density at radius 1 is 1.31 bits per heavy atom. The molecule has 0 bridgehead atoms. The maximum Gasteiger partial charge on any atom is 0.273 e.